The lowest BCUT2D eigenvalue weighted by molar-refractivity contribution is 0.0668. The van der Waals surface area contributed by atoms with Gasteiger partial charge in [-0.2, -0.15) is 13.7 Å². The summed E-state index contributed by atoms with van der Waals surface area (Å²) in [6, 6.07) is 13.5. The van der Waals surface area contributed by atoms with Gasteiger partial charge in [0.15, 0.2) is 0 Å². The van der Waals surface area contributed by atoms with Gasteiger partial charge in [-0.15, -0.1) is 0 Å². The molecule has 8 heteroatoms. The summed E-state index contributed by atoms with van der Waals surface area (Å²) >= 11 is 1.16. The Balaban J connectivity index is 1.28. The minimum absolute atomic E-state index is 0.0423. The topological polar surface area (TPSA) is 85.0 Å². The molecule has 4 aromatic rings. The Kier molecular flexibility index (Phi) is 5.00. The third-order valence-corrected chi connectivity index (χ3v) is 6.18. The maximum Gasteiger partial charge on any atom is 0.253 e. The van der Waals surface area contributed by atoms with Gasteiger partial charge < -0.3 is 9.42 Å². The van der Waals surface area contributed by atoms with E-state index in [0.29, 0.717) is 36.2 Å². The molecule has 3 heterocycles. The molecular formula is C22H21N5O2S. The highest BCUT2D eigenvalue weighted by Gasteiger charge is 2.26. The Bertz CT molecular complexity index is 1200. The van der Waals surface area contributed by atoms with Gasteiger partial charge in [-0.3, -0.25) is 4.79 Å². The minimum Gasteiger partial charge on any atom is -0.339 e. The first-order valence-corrected chi connectivity index (χ1v) is 10.8. The molecule has 152 valence electrons. The van der Waals surface area contributed by atoms with Crippen LogP contribution in [-0.4, -0.2) is 42.8 Å². The van der Waals surface area contributed by atoms with Crippen molar-refractivity contribution < 1.29 is 9.32 Å². The van der Waals surface area contributed by atoms with Crippen molar-refractivity contribution in [3.8, 4) is 11.4 Å². The van der Waals surface area contributed by atoms with Crippen LogP contribution in [0.1, 0.15) is 34.7 Å². The molecule has 1 fully saturated rings. The second-order valence-corrected chi connectivity index (χ2v) is 8.29. The Morgan fingerprint density at radius 2 is 2.07 bits per heavy atom. The average molecular weight is 420 g/mol. The van der Waals surface area contributed by atoms with Crippen molar-refractivity contribution in [1.82, 2.24) is 23.8 Å². The van der Waals surface area contributed by atoms with Crippen molar-refractivity contribution in [3.05, 3.63) is 59.5 Å². The zero-order chi connectivity index (χ0) is 20.5. The summed E-state index contributed by atoms with van der Waals surface area (Å²) in [5.41, 5.74) is 4.37. The molecule has 1 saturated heterocycles. The van der Waals surface area contributed by atoms with E-state index in [2.05, 4.69) is 18.9 Å². The summed E-state index contributed by atoms with van der Waals surface area (Å²) in [6.07, 6.45) is 2.69. The highest BCUT2D eigenvalue weighted by Crippen LogP contribution is 2.25. The number of aryl methyl sites for hydroxylation is 1. The van der Waals surface area contributed by atoms with Gasteiger partial charge in [0, 0.05) is 30.6 Å². The quantitative estimate of drug-likeness (QED) is 0.494. The van der Waals surface area contributed by atoms with Gasteiger partial charge in [0.25, 0.3) is 5.91 Å². The number of carbonyl (C=O) groups excluding carboxylic acids is 1. The Labute approximate surface area is 178 Å². The lowest BCUT2D eigenvalue weighted by Gasteiger charge is -2.32. The number of hydrogen-bond donors (Lipinski definition) is 0. The molecule has 30 heavy (non-hydrogen) atoms. The van der Waals surface area contributed by atoms with Gasteiger partial charge in [0.1, 0.15) is 11.0 Å². The summed E-state index contributed by atoms with van der Waals surface area (Å²) in [4.78, 5) is 19.5. The molecule has 2 aromatic heterocycles. The number of likely N-dealkylation sites (tertiary alicyclic amines) is 1. The molecule has 1 aliphatic heterocycles. The molecule has 7 nitrogen and oxygen atoms in total. The van der Waals surface area contributed by atoms with Crippen LogP contribution in [0.3, 0.4) is 0 Å². The molecule has 0 aliphatic carbocycles. The van der Waals surface area contributed by atoms with Gasteiger partial charge >= 0.3 is 0 Å². The lowest BCUT2D eigenvalue weighted by atomic mass is 9.94. The van der Waals surface area contributed by atoms with E-state index in [-0.39, 0.29) is 5.91 Å². The van der Waals surface area contributed by atoms with E-state index in [4.69, 9.17) is 4.52 Å². The van der Waals surface area contributed by atoms with Crippen LogP contribution in [0.2, 0.25) is 0 Å². The smallest absolute Gasteiger partial charge is 0.253 e. The van der Waals surface area contributed by atoms with Crippen LogP contribution >= 0.6 is 11.7 Å². The second kappa shape index (κ2) is 7.95. The SMILES string of the molecule is Cc1ccccc1-c1noc(CC2CCCN(C(=O)c3ccc4nsnc4c3)C2)n1. The number of hydrogen-bond acceptors (Lipinski definition) is 7. The van der Waals surface area contributed by atoms with Crippen molar-refractivity contribution in [3.63, 3.8) is 0 Å². The molecule has 2 aromatic carbocycles. The Hall–Kier alpha value is -3.13. The molecule has 1 atom stereocenters. The minimum atomic E-state index is 0.0423. The van der Waals surface area contributed by atoms with Gasteiger partial charge in [0.05, 0.1) is 11.7 Å². The van der Waals surface area contributed by atoms with Crippen LogP contribution in [0.25, 0.3) is 22.4 Å². The van der Waals surface area contributed by atoms with E-state index < -0.39 is 0 Å². The van der Waals surface area contributed by atoms with Crippen LogP contribution < -0.4 is 0 Å². The van der Waals surface area contributed by atoms with Crippen molar-refractivity contribution >= 4 is 28.7 Å². The molecule has 0 bridgehead atoms. The van der Waals surface area contributed by atoms with E-state index in [1.54, 1.807) is 0 Å². The largest absolute Gasteiger partial charge is 0.339 e. The number of carbonyl (C=O) groups is 1. The third kappa shape index (κ3) is 3.70. The summed E-state index contributed by atoms with van der Waals surface area (Å²) in [7, 11) is 0. The first-order chi connectivity index (χ1) is 14.7. The molecule has 1 unspecified atom stereocenters. The van der Waals surface area contributed by atoms with Crippen LogP contribution in [0.5, 0.6) is 0 Å². The summed E-state index contributed by atoms with van der Waals surface area (Å²) < 4.78 is 14.0. The van der Waals surface area contributed by atoms with Crippen molar-refractivity contribution in [2.45, 2.75) is 26.2 Å². The fourth-order valence-corrected chi connectivity index (χ4v) is 4.55. The standard InChI is InChI=1S/C22H21N5O2S/c1-14-5-2-3-7-17(14)21-23-20(29-24-21)11-15-6-4-10-27(13-15)22(28)16-8-9-18-19(12-16)26-30-25-18/h2-3,5,7-9,12,15H,4,6,10-11,13H2,1H3. The summed E-state index contributed by atoms with van der Waals surface area (Å²) in [6.45, 7) is 3.49. The van der Waals surface area contributed by atoms with Crippen molar-refractivity contribution in [2.24, 2.45) is 5.92 Å². The normalized spacial score (nSPS) is 16.8. The van der Waals surface area contributed by atoms with Gasteiger partial charge in [-0.1, -0.05) is 29.4 Å². The van der Waals surface area contributed by atoms with Gasteiger partial charge in [0.2, 0.25) is 11.7 Å². The maximum atomic E-state index is 13.0. The summed E-state index contributed by atoms with van der Waals surface area (Å²) in [5, 5.41) is 4.16. The second-order valence-electron chi connectivity index (χ2n) is 7.76. The van der Waals surface area contributed by atoms with Crippen molar-refractivity contribution in [2.75, 3.05) is 13.1 Å². The van der Waals surface area contributed by atoms with E-state index in [1.165, 1.54) is 0 Å². The number of piperidine rings is 1. The molecule has 0 N–H and O–H groups in total. The fraction of sp³-hybridized carbons (Fsp3) is 0.318. The predicted molar refractivity (Wildman–Crippen MR) is 114 cm³/mol. The number of amides is 1. The Morgan fingerprint density at radius 1 is 1.20 bits per heavy atom. The number of benzene rings is 2. The van der Waals surface area contributed by atoms with E-state index >= 15 is 0 Å². The molecule has 0 spiro atoms. The molecule has 5 rings (SSSR count). The molecule has 1 aliphatic rings. The van der Waals surface area contributed by atoms with Crippen molar-refractivity contribution in [1.29, 1.82) is 0 Å². The van der Waals surface area contributed by atoms with Crippen LogP contribution in [0.4, 0.5) is 0 Å². The van der Waals surface area contributed by atoms with Crippen LogP contribution in [-0.2, 0) is 6.42 Å². The number of nitrogens with zero attached hydrogens (tertiary/aromatic N) is 5. The fourth-order valence-electron chi connectivity index (χ4n) is 4.03. The highest BCUT2D eigenvalue weighted by molar-refractivity contribution is 7.00. The average Bonchev–Trinajstić information content (AvgIpc) is 3.42. The first kappa shape index (κ1) is 18.9. The number of fused-ring (bicyclic) bond motifs is 1. The molecule has 0 radical (unpaired) electrons. The first-order valence-electron chi connectivity index (χ1n) is 10.1. The van der Waals surface area contributed by atoms with E-state index in [0.717, 1.165) is 53.3 Å². The zero-order valence-electron chi connectivity index (χ0n) is 16.6. The number of aromatic nitrogens is 4. The van der Waals surface area contributed by atoms with Crippen LogP contribution in [0, 0.1) is 12.8 Å². The lowest BCUT2D eigenvalue weighted by Crippen LogP contribution is -2.40. The number of rotatable bonds is 4. The molecule has 0 saturated carbocycles. The van der Waals surface area contributed by atoms with E-state index in [1.807, 2.05) is 54.3 Å². The van der Waals surface area contributed by atoms with Gasteiger partial charge in [-0.05, 0) is 49.4 Å². The highest BCUT2D eigenvalue weighted by atomic mass is 32.1. The van der Waals surface area contributed by atoms with Gasteiger partial charge in [-0.25, -0.2) is 0 Å². The third-order valence-electron chi connectivity index (χ3n) is 5.62. The molecule has 1 amide bonds. The zero-order valence-corrected chi connectivity index (χ0v) is 17.4. The van der Waals surface area contributed by atoms with Crippen LogP contribution in [0.15, 0.2) is 47.0 Å². The summed E-state index contributed by atoms with van der Waals surface area (Å²) in [5.74, 6) is 1.60. The molecular weight excluding hydrogens is 398 g/mol. The monoisotopic (exact) mass is 419 g/mol. The van der Waals surface area contributed by atoms with E-state index in [9.17, 15) is 4.79 Å². The maximum absolute atomic E-state index is 13.0. The predicted octanol–water partition coefficient (Wildman–Crippen LogP) is 4.14. The Morgan fingerprint density at radius 3 is 2.97 bits per heavy atom.